The van der Waals surface area contributed by atoms with Crippen molar-refractivity contribution in [1.29, 1.82) is 0 Å². The molecule has 1 aromatic heterocycles. The Morgan fingerprint density at radius 1 is 1.35 bits per heavy atom. The summed E-state index contributed by atoms with van der Waals surface area (Å²) in [4.78, 5) is 12.1. The van der Waals surface area contributed by atoms with Crippen LogP contribution in [0.1, 0.15) is 56.5 Å². The van der Waals surface area contributed by atoms with Crippen LogP contribution < -0.4 is 5.32 Å². The highest BCUT2D eigenvalue weighted by molar-refractivity contribution is 5.79. The molecule has 1 atom stereocenters. The molecule has 0 aliphatic rings. The molecule has 1 aromatic rings. The highest BCUT2D eigenvalue weighted by Gasteiger charge is 2.14. The molecular formula is C16H29N3O. The van der Waals surface area contributed by atoms with Gasteiger partial charge in [0.05, 0.1) is 12.1 Å². The lowest BCUT2D eigenvalue weighted by Crippen LogP contribution is -2.30. The molecule has 0 radical (unpaired) electrons. The first-order chi connectivity index (χ1) is 9.49. The molecule has 1 rings (SSSR count). The number of unbranched alkanes of at least 4 members (excludes halogenated alkanes) is 1. The number of hydrogen-bond donors (Lipinski definition) is 1. The van der Waals surface area contributed by atoms with Crippen LogP contribution in [0.15, 0.2) is 0 Å². The van der Waals surface area contributed by atoms with Gasteiger partial charge in [-0.05, 0) is 26.2 Å². The zero-order valence-electron chi connectivity index (χ0n) is 13.6. The Balaban J connectivity index is 2.47. The number of nitrogens with zero attached hydrogens (tertiary/aromatic N) is 2. The molecule has 0 bridgehead atoms. The van der Waals surface area contributed by atoms with Gasteiger partial charge >= 0.3 is 0 Å². The average Bonchev–Trinajstić information content (AvgIpc) is 2.65. The quantitative estimate of drug-likeness (QED) is 0.795. The minimum Gasteiger partial charge on any atom is -0.356 e. The van der Waals surface area contributed by atoms with Crippen molar-refractivity contribution in [2.75, 3.05) is 6.54 Å². The second-order valence-corrected chi connectivity index (χ2v) is 5.67. The van der Waals surface area contributed by atoms with Gasteiger partial charge in [-0.1, -0.05) is 33.1 Å². The normalized spacial score (nSPS) is 12.4. The molecule has 114 valence electrons. The van der Waals surface area contributed by atoms with Crippen LogP contribution in [-0.4, -0.2) is 22.2 Å². The molecule has 1 unspecified atom stereocenters. The van der Waals surface area contributed by atoms with Crippen LogP contribution in [0.4, 0.5) is 0 Å². The van der Waals surface area contributed by atoms with Gasteiger partial charge in [-0.15, -0.1) is 0 Å². The van der Waals surface area contributed by atoms with Gasteiger partial charge < -0.3 is 5.32 Å². The predicted octanol–water partition coefficient (Wildman–Crippen LogP) is 2.91. The number of amides is 1. The summed E-state index contributed by atoms with van der Waals surface area (Å²) < 4.78 is 1.84. The van der Waals surface area contributed by atoms with E-state index >= 15 is 0 Å². The Morgan fingerprint density at radius 2 is 2.05 bits per heavy atom. The summed E-state index contributed by atoms with van der Waals surface area (Å²) in [5, 5.41) is 7.43. The molecular weight excluding hydrogens is 250 g/mol. The molecule has 0 spiro atoms. The summed E-state index contributed by atoms with van der Waals surface area (Å²) >= 11 is 0. The molecule has 0 aliphatic carbocycles. The van der Waals surface area contributed by atoms with E-state index in [0.29, 0.717) is 12.3 Å². The van der Waals surface area contributed by atoms with Crippen molar-refractivity contribution in [1.82, 2.24) is 15.1 Å². The van der Waals surface area contributed by atoms with E-state index in [1.807, 2.05) is 25.6 Å². The Labute approximate surface area is 122 Å². The lowest BCUT2D eigenvalue weighted by molar-refractivity contribution is -0.120. The largest absolute Gasteiger partial charge is 0.356 e. The number of carbonyl (C=O) groups excluding carboxylic acids is 1. The van der Waals surface area contributed by atoms with E-state index in [0.717, 1.165) is 29.9 Å². The van der Waals surface area contributed by atoms with Crippen molar-refractivity contribution in [2.24, 2.45) is 13.0 Å². The number of aromatic nitrogens is 2. The third-order valence-electron chi connectivity index (χ3n) is 4.13. The van der Waals surface area contributed by atoms with Gasteiger partial charge in [-0.3, -0.25) is 9.48 Å². The zero-order chi connectivity index (χ0) is 15.1. The van der Waals surface area contributed by atoms with Crippen molar-refractivity contribution >= 4 is 5.91 Å². The minimum atomic E-state index is 0.110. The highest BCUT2D eigenvalue weighted by atomic mass is 16.1. The fourth-order valence-corrected chi connectivity index (χ4v) is 2.50. The van der Waals surface area contributed by atoms with Gasteiger partial charge in [0.1, 0.15) is 0 Å². The van der Waals surface area contributed by atoms with Gasteiger partial charge in [0, 0.05) is 24.8 Å². The SMILES string of the molecule is CCCCC(CC)CNC(=O)Cc1c(C)nn(C)c1C. The minimum absolute atomic E-state index is 0.110. The maximum atomic E-state index is 12.1. The van der Waals surface area contributed by atoms with E-state index in [-0.39, 0.29) is 5.91 Å². The molecule has 0 aliphatic heterocycles. The van der Waals surface area contributed by atoms with Crippen molar-refractivity contribution in [3.8, 4) is 0 Å². The van der Waals surface area contributed by atoms with Crippen LogP contribution in [0.2, 0.25) is 0 Å². The summed E-state index contributed by atoms with van der Waals surface area (Å²) in [6.45, 7) is 9.18. The summed E-state index contributed by atoms with van der Waals surface area (Å²) in [6, 6.07) is 0. The van der Waals surface area contributed by atoms with E-state index in [4.69, 9.17) is 0 Å². The topological polar surface area (TPSA) is 46.9 Å². The van der Waals surface area contributed by atoms with Crippen molar-refractivity contribution in [2.45, 2.75) is 59.8 Å². The van der Waals surface area contributed by atoms with E-state index < -0.39 is 0 Å². The zero-order valence-corrected chi connectivity index (χ0v) is 13.6. The monoisotopic (exact) mass is 279 g/mol. The maximum absolute atomic E-state index is 12.1. The Hall–Kier alpha value is -1.32. The Morgan fingerprint density at radius 3 is 2.55 bits per heavy atom. The van der Waals surface area contributed by atoms with Crippen LogP contribution in [-0.2, 0) is 18.3 Å². The maximum Gasteiger partial charge on any atom is 0.224 e. The van der Waals surface area contributed by atoms with Gasteiger partial charge in [-0.2, -0.15) is 5.10 Å². The lowest BCUT2D eigenvalue weighted by Gasteiger charge is -2.15. The van der Waals surface area contributed by atoms with Crippen LogP contribution in [0.25, 0.3) is 0 Å². The molecule has 4 nitrogen and oxygen atoms in total. The lowest BCUT2D eigenvalue weighted by atomic mass is 9.99. The first-order valence-electron chi connectivity index (χ1n) is 7.75. The first-order valence-corrected chi connectivity index (χ1v) is 7.75. The third-order valence-corrected chi connectivity index (χ3v) is 4.13. The summed E-state index contributed by atoms with van der Waals surface area (Å²) in [5.41, 5.74) is 3.10. The van der Waals surface area contributed by atoms with Crippen molar-refractivity contribution < 1.29 is 4.79 Å². The third kappa shape index (κ3) is 4.66. The van der Waals surface area contributed by atoms with E-state index in [2.05, 4.69) is 24.3 Å². The average molecular weight is 279 g/mol. The Bertz CT molecular complexity index is 437. The molecule has 1 amide bonds. The van der Waals surface area contributed by atoms with Gasteiger partial charge in [-0.25, -0.2) is 0 Å². The van der Waals surface area contributed by atoms with E-state index in [9.17, 15) is 4.79 Å². The fourth-order valence-electron chi connectivity index (χ4n) is 2.50. The number of hydrogen-bond acceptors (Lipinski definition) is 2. The van der Waals surface area contributed by atoms with Crippen molar-refractivity contribution in [3.05, 3.63) is 17.0 Å². The van der Waals surface area contributed by atoms with Gasteiger partial charge in [0.15, 0.2) is 0 Å². The summed E-state index contributed by atoms with van der Waals surface area (Å²) in [7, 11) is 1.92. The molecule has 1 N–H and O–H groups in total. The second kappa shape index (κ2) is 8.08. The molecule has 4 heteroatoms. The highest BCUT2D eigenvalue weighted by Crippen LogP contribution is 2.13. The molecule has 0 aromatic carbocycles. The number of carbonyl (C=O) groups is 1. The number of rotatable bonds is 8. The Kier molecular flexibility index (Phi) is 6.76. The first kappa shape index (κ1) is 16.7. The molecule has 1 heterocycles. The standard InChI is InChI=1S/C16H29N3O/c1-6-8-9-14(7-2)11-17-16(20)10-15-12(3)18-19(5)13(15)4/h14H,6-11H2,1-5H3,(H,17,20). The summed E-state index contributed by atoms with van der Waals surface area (Å²) in [5.74, 6) is 0.717. The van der Waals surface area contributed by atoms with Gasteiger partial charge in [0.2, 0.25) is 5.91 Å². The van der Waals surface area contributed by atoms with Crippen LogP contribution in [0.5, 0.6) is 0 Å². The smallest absolute Gasteiger partial charge is 0.224 e. The van der Waals surface area contributed by atoms with Crippen LogP contribution in [0.3, 0.4) is 0 Å². The molecule has 0 saturated heterocycles. The van der Waals surface area contributed by atoms with E-state index in [1.54, 1.807) is 0 Å². The summed E-state index contributed by atoms with van der Waals surface area (Å²) in [6.07, 6.45) is 5.24. The van der Waals surface area contributed by atoms with Gasteiger partial charge in [0.25, 0.3) is 0 Å². The fraction of sp³-hybridized carbons (Fsp3) is 0.750. The molecule has 0 saturated carbocycles. The number of aryl methyl sites for hydroxylation is 2. The molecule has 20 heavy (non-hydrogen) atoms. The predicted molar refractivity (Wildman–Crippen MR) is 82.7 cm³/mol. The van der Waals surface area contributed by atoms with Crippen molar-refractivity contribution in [3.63, 3.8) is 0 Å². The van der Waals surface area contributed by atoms with E-state index in [1.165, 1.54) is 19.3 Å². The molecule has 0 fully saturated rings. The second-order valence-electron chi connectivity index (χ2n) is 5.67. The van der Waals surface area contributed by atoms with Crippen LogP contribution in [0, 0.1) is 19.8 Å². The van der Waals surface area contributed by atoms with Crippen LogP contribution >= 0.6 is 0 Å². The number of nitrogens with one attached hydrogen (secondary N) is 1.